The van der Waals surface area contributed by atoms with E-state index >= 15 is 0 Å². The second-order valence-corrected chi connectivity index (χ2v) is 10.5. The van der Waals surface area contributed by atoms with Crippen molar-refractivity contribution in [2.45, 2.75) is 32.4 Å². The lowest BCUT2D eigenvalue weighted by Gasteiger charge is -2.12. The van der Waals surface area contributed by atoms with Crippen LogP contribution in [-0.4, -0.2) is 56.7 Å². The van der Waals surface area contributed by atoms with Gasteiger partial charge in [-0.1, -0.05) is 0 Å². The fourth-order valence-corrected chi connectivity index (χ4v) is 5.94. The van der Waals surface area contributed by atoms with Gasteiger partial charge >= 0.3 is 0 Å². The average molecular weight is 469 g/mol. The third kappa shape index (κ3) is 4.28. The molecule has 1 aliphatic heterocycles. The lowest BCUT2D eigenvalue weighted by Crippen LogP contribution is -2.25. The Balaban J connectivity index is 1.49. The van der Waals surface area contributed by atoms with Crippen LogP contribution < -0.4 is 5.32 Å². The number of sulfone groups is 1. The topological polar surface area (TPSA) is 125 Å². The summed E-state index contributed by atoms with van der Waals surface area (Å²) in [6.07, 6.45) is 8.11. The lowest BCUT2D eigenvalue weighted by molar-refractivity contribution is 0.0954. The molecule has 4 aromatic heterocycles. The van der Waals surface area contributed by atoms with Gasteiger partial charge in [-0.15, -0.1) is 0 Å². The first-order chi connectivity index (χ1) is 15.9. The molecule has 5 rings (SSSR count). The number of amides is 1. The predicted molar refractivity (Wildman–Crippen MR) is 121 cm³/mol. The summed E-state index contributed by atoms with van der Waals surface area (Å²) < 4.78 is 33.3. The molecule has 1 amide bonds. The predicted octanol–water partition coefficient (Wildman–Crippen LogP) is 2.38. The average Bonchev–Trinajstić information content (AvgIpc) is 3.58. The highest BCUT2D eigenvalue weighted by Gasteiger charge is 2.32. The minimum absolute atomic E-state index is 0.0195. The zero-order valence-electron chi connectivity index (χ0n) is 18.1. The summed E-state index contributed by atoms with van der Waals surface area (Å²) in [6.45, 7) is 3.05. The molecule has 0 unspecified atom stereocenters. The molecule has 1 N–H and O–H groups in total. The van der Waals surface area contributed by atoms with Crippen LogP contribution in [0.15, 0.2) is 47.6 Å². The van der Waals surface area contributed by atoms with Gasteiger partial charge in [0.25, 0.3) is 5.91 Å². The molecule has 33 heavy (non-hydrogen) atoms. The number of furan rings is 1. The summed E-state index contributed by atoms with van der Waals surface area (Å²) in [7, 11) is -3.11. The molecule has 1 aliphatic rings. The van der Waals surface area contributed by atoms with Crippen molar-refractivity contribution in [3.05, 3.63) is 54.4 Å². The van der Waals surface area contributed by atoms with Gasteiger partial charge in [-0.3, -0.25) is 4.79 Å². The fraction of sp³-hybridized carbons (Fsp3) is 0.364. The fourth-order valence-electron chi connectivity index (χ4n) is 4.24. The van der Waals surface area contributed by atoms with Crippen LogP contribution in [0, 0.1) is 6.92 Å². The zero-order valence-corrected chi connectivity index (χ0v) is 19.0. The summed E-state index contributed by atoms with van der Waals surface area (Å²) in [6, 6.07) is 4.92. The van der Waals surface area contributed by atoms with Crippen LogP contribution in [0.3, 0.4) is 0 Å². The largest absolute Gasteiger partial charge is 0.463 e. The van der Waals surface area contributed by atoms with Crippen molar-refractivity contribution in [2.75, 3.05) is 18.1 Å². The van der Waals surface area contributed by atoms with Crippen molar-refractivity contribution in [3.63, 3.8) is 0 Å². The molecule has 0 saturated carbocycles. The number of rotatable bonds is 7. The maximum Gasteiger partial charge on any atom is 0.252 e. The van der Waals surface area contributed by atoms with Crippen molar-refractivity contribution in [1.29, 1.82) is 0 Å². The highest BCUT2D eigenvalue weighted by atomic mass is 32.2. The van der Waals surface area contributed by atoms with Crippen LogP contribution >= 0.6 is 0 Å². The molecule has 10 nitrogen and oxygen atoms in total. The lowest BCUT2D eigenvalue weighted by atomic mass is 10.1. The number of aromatic nitrogens is 5. The highest BCUT2D eigenvalue weighted by molar-refractivity contribution is 7.91. The van der Waals surface area contributed by atoms with E-state index in [0.717, 1.165) is 13.0 Å². The van der Waals surface area contributed by atoms with Crippen LogP contribution in [0.5, 0.6) is 0 Å². The zero-order chi connectivity index (χ0) is 23.0. The van der Waals surface area contributed by atoms with E-state index in [-0.39, 0.29) is 23.5 Å². The van der Waals surface area contributed by atoms with Crippen molar-refractivity contribution in [3.8, 4) is 11.5 Å². The molecule has 1 atom stereocenters. The Kier molecular flexibility index (Phi) is 5.49. The summed E-state index contributed by atoms with van der Waals surface area (Å²) in [5.74, 6) is 0.435. The van der Waals surface area contributed by atoms with Gasteiger partial charge in [0.1, 0.15) is 5.69 Å². The van der Waals surface area contributed by atoms with E-state index < -0.39 is 9.84 Å². The van der Waals surface area contributed by atoms with Gasteiger partial charge in [0.05, 0.1) is 46.8 Å². The summed E-state index contributed by atoms with van der Waals surface area (Å²) in [5.41, 5.74) is 2.07. The minimum atomic E-state index is -3.11. The molecular formula is C22H24N6O4S. The number of fused-ring (bicyclic) bond motifs is 1. The molecule has 1 fully saturated rings. The van der Waals surface area contributed by atoms with Gasteiger partial charge < -0.3 is 14.3 Å². The third-order valence-electron chi connectivity index (χ3n) is 5.85. The van der Waals surface area contributed by atoms with Crippen molar-refractivity contribution < 1.29 is 17.6 Å². The number of imidazole rings is 1. The second-order valence-electron chi connectivity index (χ2n) is 8.23. The van der Waals surface area contributed by atoms with Crippen molar-refractivity contribution in [1.82, 2.24) is 29.6 Å². The van der Waals surface area contributed by atoms with E-state index in [1.807, 2.05) is 17.7 Å². The number of hydrogen-bond donors (Lipinski definition) is 1. The maximum absolute atomic E-state index is 13.2. The van der Waals surface area contributed by atoms with Gasteiger partial charge in [-0.25, -0.2) is 23.1 Å². The van der Waals surface area contributed by atoms with Crippen molar-refractivity contribution >= 4 is 26.8 Å². The first-order valence-electron chi connectivity index (χ1n) is 10.8. The summed E-state index contributed by atoms with van der Waals surface area (Å²) >= 11 is 0. The number of pyridine rings is 1. The van der Waals surface area contributed by atoms with E-state index in [4.69, 9.17) is 9.40 Å². The number of carbonyl (C=O) groups is 1. The molecule has 0 aliphatic carbocycles. The second kappa shape index (κ2) is 8.47. The highest BCUT2D eigenvalue weighted by Crippen LogP contribution is 2.32. The Morgan fingerprint density at radius 1 is 1.36 bits per heavy atom. The Hall–Kier alpha value is -3.47. The molecule has 11 heteroatoms. The van der Waals surface area contributed by atoms with Gasteiger partial charge in [0.15, 0.2) is 21.2 Å². The number of aryl methyl sites for hydroxylation is 2. The number of hydrogen-bond acceptors (Lipinski definition) is 7. The van der Waals surface area contributed by atoms with Crippen LogP contribution in [-0.2, 0) is 16.4 Å². The SMILES string of the molecule is Cc1nn([C@@H]2CCS(=O)(=O)C2)c2nc(-c3ccco3)cc(C(=O)NCCCn3ccnc3)c12. The number of nitrogens with one attached hydrogen (secondary N) is 1. The van der Waals surface area contributed by atoms with Crippen molar-refractivity contribution in [2.24, 2.45) is 0 Å². The molecule has 4 aromatic rings. The molecule has 172 valence electrons. The number of carbonyl (C=O) groups excluding carboxylic acids is 1. The quantitative estimate of drug-likeness (QED) is 0.413. The Morgan fingerprint density at radius 2 is 2.24 bits per heavy atom. The minimum Gasteiger partial charge on any atom is -0.463 e. The molecule has 0 radical (unpaired) electrons. The first kappa shape index (κ1) is 21.4. The Morgan fingerprint density at radius 3 is 2.94 bits per heavy atom. The smallest absolute Gasteiger partial charge is 0.252 e. The van der Waals surface area contributed by atoms with Gasteiger partial charge in [-0.2, -0.15) is 5.10 Å². The standard InChI is InChI=1S/C22H24N6O4S/c1-15-20-17(22(29)24-6-3-8-27-9-7-23-14-27)12-18(19-4-2-10-32-19)25-21(20)28(26-15)16-5-11-33(30,31)13-16/h2,4,7,9-10,12,14,16H,3,5-6,8,11,13H2,1H3,(H,24,29)/t16-/m1/s1. The number of nitrogens with zero attached hydrogens (tertiary/aromatic N) is 5. The van der Waals surface area contributed by atoms with Crippen LogP contribution in [0.4, 0.5) is 0 Å². The summed E-state index contributed by atoms with van der Waals surface area (Å²) in [4.78, 5) is 22.0. The maximum atomic E-state index is 13.2. The van der Waals surface area contributed by atoms with E-state index in [9.17, 15) is 13.2 Å². The monoisotopic (exact) mass is 468 g/mol. The first-order valence-corrected chi connectivity index (χ1v) is 12.6. The molecule has 0 bridgehead atoms. The van der Waals surface area contributed by atoms with E-state index in [1.54, 1.807) is 41.7 Å². The van der Waals surface area contributed by atoms with Crippen LogP contribution in [0.25, 0.3) is 22.5 Å². The van der Waals surface area contributed by atoms with Gasteiger partial charge in [0, 0.05) is 25.5 Å². The molecule has 5 heterocycles. The molecule has 1 saturated heterocycles. The Labute approximate surface area is 190 Å². The van der Waals surface area contributed by atoms with Gasteiger partial charge in [-0.05, 0) is 38.0 Å². The molecule has 0 aromatic carbocycles. The van der Waals surface area contributed by atoms with E-state index in [2.05, 4.69) is 15.4 Å². The van der Waals surface area contributed by atoms with E-state index in [1.165, 1.54) is 0 Å². The van der Waals surface area contributed by atoms with Crippen LogP contribution in [0.1, 0.15) is 34.9 Å². The Bertz CT molecular complexity index is 1390. The van der Waals surface area contributed by atoms with Gasteiger partial charge in [0.2, 0.25) is 0 Å². The van der Waals surface area contributed by atoms with Crippen LogP contribution in [0.2, 0.25) is 0 Å². The normalized spacial score (nSPS) is 17.5. The summed E-state index contributed by atoms with van der Waals surface area (Å²) in [5, 5.41) is 8.21. The molecular weight excluding hydrogens is 444 g/mol. The van der Waals surface area contributed by atoms with E-state index in [0.29, 0.717) is 46.7 Å². The molecule has 0 spiro atoms. The third-order valence-corrected chi connectivity index (χ3v) is 7.60.